The van der Waals surface area contributed by atoms with E-state index >= 15 is 0 Å². The Kier molecular flexibility index (Phi) is 6.10. The highest BCUT2D eigenvalue weighted by molar-refractivity contribution is 5.97. The monoisotopic (exact) mass is 444 g/mol. The molecule has 2 aromatic carbocycles. The third-order valence-corrected chi connectivity index (χ3v) is 5.69. The van der Waals surface area contributed by atoms with Gasteiger partial charge in [-0.1, -0.05) is 24.3 Å². The molecule has 5 rings (SSSR count). The van der Waals surface area contributed by atoms with E-state index in [1.807, 2.05) is 30.3 Å². The minimum absolute atomic E-state index is 0. The molecule has 2 aliphatic rings. The van der Waals surface area contributed by atoms with Crippen molar-refractivity contribution in [1.29, 1.82) is 0 Å². The lowest BCUT2D eigenvalue weighted by Crippen LogP contribution is -2.21. The van der Waals surface area contributed by atoms with Crippen molar-refractivity contribution in [1.82, 2.24) is 9.97 Å². The van der Waals surface area contributed by atoms with E-state index in [0.29, 0.717) is 0 Å². The van der Waals surface area contributed by atoms with Gasteiger partial charge in [0.25, 0.3) is 0 Å². The fraction of sp³-hybridized carbons (Fsp3) is 0.192. The molecule has 0 atom stereocenters. The van der Waals surface area contributed by atoms with Gasteiger partial charge >= 0.3 is 0 Å². The lowest BCUT2D eigenvalue weighted by molar-refractivity contribution is 0.613. The first-order valence-electron chi connectivity index (χ1n) is 10.6. The highest BCUT2D eigenvalue weighted by atomic mass is 35.5. The molecule has 32 heavy (non-hydrogen) atoms. The largest absolute Gasteiger partial charge is 0.453 e. The summed E-state index contributed by atoms with van der Waals surface area (Å²) in [6.07, 6.45) is 3.50. The molecule has 0 radical (unpaired) electrons. The Hall–Kier alpha value is -3.44. The van der Waals surface area contributed by atoms with E-state index in [0.717, 1.165) is 68.7 Å². The van der Waals surface area contributed by atoms with Crippen molar-refractivity contribution in [2.24, 2.45) is 4.99 Å². The summed E-state index contributed by atoms with van der Waals surface area (Å²) in [6, 6.07) is 18.3. The Balaban J connectivity index is 0.00000245. The Labute approximate surface area is 193 Å². The minimum atomic E-state index is 0. The number of hydrogen-bond acceptors (Lipinski definition) is 5. The van der Waals surface area contributed by atoms with E-state index in [1.54, 1.807) is 12.4 Å². The summed E-state index contributed by atoms with van der Waals surface area (Å²) in [4.78, 5) is 16.3. The number of aryl methyl sites for hydroxylation is 1. The molecular weight excluding hydrogens is 420 g/mol. The number of benzene rings is 3. The van der Waals surface area contributed by atoms with Crippen LogP contribution < -0.4 is 10.3 Å². The van der Waals surface area contributed by atoms with Crippen molar-refractivity contribution < 1.29 is 4.42 Å². The second kappa shape index (κ2) is 8.97. The summed E-state index contributed by atoms with van der Waals surface area (Å²) in [5.41, 5.74) is 5.66. The topological polar surface area (TPSA) is 54.5 Å². The fourth-order valence-corrected chi connectivity index (χ4v) is 4.11. The number of anilines is 1. The second-order valence-corrected chi connectivity index (χ2v) is 7.60. The van der Waals surface area contributed by atoms with Crippen LogP contribution in [0.4, 0.5) is 11.4 Å². The molecule has 0 saturated heterocycles. The van der Waals surface area contributed by atoms with Crippen LogP contribution in [0.25, 0.3) is 33.3 Å². The van der Waals surface area contributed by atoms with Crippen LogP contribution in [0.5, 0.6) is 0 Å². The van der Waals surface area contributed by atoms with E-state index in [2.05, 4.69) is 54.9 Å². The maximum atomic E-state index is 6.43. The molecule has 1 aliphatic heterocycles. The summed E-state index contributed by atoms with van der Waals surface area (Å²) in [5.74, 6) is 0.732. The molecule has 1 aliphatic carbocycles. The average Bonchev–Trinajstić information content (AvgIpc) is 2.80. The summed E-state index contributed by atoms with van der Waals surface area (Å²) < 4.78 is 6.43. The first-order chi connectivity index (χ1) is 15.2. The molecular formula is C26H25ClN4O. The zero-order valence-electron chi connectivity index (χ0n) is 18.4. The fourth-order valence-electron chi connectivity index (χ4n) is 4.11. The normalized spacial score (nSPS) is 11.8. The van der Waals surface area contributed by atoms with Crippen LogP contribution in [-0.2, 0) is 0 Å². The molecule has 5 nitrogen and oxygen atoms in total. The van der Waals surface area contributed by atoms with E-state index in [-0.39, 0.29) is 12.4 Å². The SMILES string of the molecule is CCN(CC)c1cc(C)c2nc3c4ccccc4c(=Nc4ccncc4)cc-3oc2c1.Cl. The molecule has 0 bridgehead atoms. The molecule has 3 aromatic rings. The van der Waals surface area contributed by atoms with Gasteiger partial charge in [-0.15, -0.1) is 12.4 Å². The number of pyridine rings is 1. The highest BCUT2D eigenvalue weighted by Gasteiger charge is 2.17. The van der Waals surface area contributed by atoms with Gasteiger partial charge in [0.1, 0.15) is 11.2 Å². The van der Waals surface area contributed by atoms with Gasteiger partial charge in [-0.05, 0) is 44.5 Å². The standard InChI is InChI=1S/C26H24N4O.ClH/c1-4-30(5-2)19-14-17(3)25-23(15-19)31-24-16-22(28-18-10-12-27-13-11-18)20-8-6-7-9-21(20)26(24)29-25;/h6-16H,4-5H2,1-3H3;1H. The number of nitrogens with zero attached hydrogens (tertiary/aromatic N) is 4. The zero-order valence-corrected chi connectivity index (χ0v) is 19.2. The third-order valence-electron chi connectivity index (χ3n) is 5.69. The van der Waals surface area contributed by atoms with Crippen LogP contribution in [0.1, 0.15) is 19.4 Å². The van der Waals surface area contributed by atoms with Crippen molar-refractivity contribution >= 4 is 45.7 Å². The minimum Gasteiger partial charge on any atom is -0.453 e. The van der Waals surface area contributed by atoms with Crippen molar-refractivity contribution in [3.63, 3.8) is 0 Å². The number of rotatable bonds is 4. The number of aromatic nitrogens is 2. The number of hydrogen-bond donors (Lipinski definition) is 0. The zero-order chi connectivity index (χ0) is 21.4. The molecule has 6 heteroatoms. The van der Waals surface area contributed by atoms with Gasteiger partial charge in [-0.25, -0.2) is 9.98 Å². The van der Waals surface area contributed by atoms with E-state index in [4.69, 9.17) is 14.4 Å². The maximum absolute atomic E-state index is 6.43. The van der Waals surface area contributed by atoms with E-state index in [9.17, 15) is 0 Å². The summed E-state index contributed by atoms with van der Waals surface area (Å²) in [5, 5.41) is 2.94. The van der Waals surface area contributed by atoms with Crippen LogP contribution in [0.3, 0.4) is 0 Å². The predicted octanol–water partition coefficient (Wildman–Crippen LogP) is 6.29. The van der Waals surface area contributed by atoms with Gasteiger partial charge in [0.15, 0.2) is 11.3 Å². The average molecular weight is 445 g/mol. The Morgan fingerprint density at radius 3 is 2.38 bits per heavy atom. The quantitative estimate of drug-likeness (QED) is 0.241. The second-order valence-electron chi connectivity index (χ2n) is 7.60. The Morgan fingerprint density at radius 2 is 1.66 bits per heavy atom. The molecule has 0 fully saturated rings. The van der Waals surface area contributed by atoms with Gasteiger partial charge < -0.3 is 9.32 Å². The van der Waals surface area contributed by atoms with Crippen LogP contribution in [0.2, 0.25) is 0 Å². The van der Waals surface area contributed by atoms with Gasteiger partial charge in [-0.2, -0.15) is 0 Å². The summed E-state index contributed by atoms with van der Waals surface area (Å²) >= 11 is 0. The molecule has 0 saturated carbocycles. The first-order valence-corrected chi connectivity index (χ1v) is 10.6. The Morgan fingerprint density at radius 1 is 0.938 bits per heavy atom. The van der Waals surface area contributed by atoms with Crippen molar-refractivity contribution in [2.75, 3.05) is 18.0 Å². The van der Waals surface area contributed by atoms with E-state index < -0.39 is 0 Å². The number of fused-ring (bicyclic) bond motifs is 4. The molecule has 0 amide bonds. The molecule has 0 N–H and O–H groups in total. The van der Waals surface area contributed by atoms with Crippen molar-refractivity contribution in [3.8, 4) is 11.5 Å². The molecule has 2 heterocycles. The molecule has 0 unspecified atom stereocenters. The summed E-state index contributed by atoms with van der Waals surface area (Å²) in [7, 11) is 0. The lowest BCUT2D eigenvalue weighted by atomic mass is 10.0. The first kappa shape index (κ1) is 21.8. The summed E-state index contributed by atoms with van der Waals surface area (Å²) in [6.45, 7) is 8.32. The highest BCUT2D eigenvalue weighted by Crippen LogP contribution is 2.33. The lowest BCUT2D eigenvalue weighted by Gasteiger charge is -2.22. The van der Waals surface area contributed by atoms with Crippen LogP contribution in [0.15, 0.2) is 76.4 Å². The van der Waals surface area contributed by atoms with Crippen LogP contribution in [0, 0.1) is 6.92 Å². The maximum Gasteiger partial charge on any atom is 0.155 e. The predicted molar refractivity (Wildman–Crippen MR) is 133 cm³/mol. The smallest absolute Gasteiger partial charge is 0.155 e. The number of halogens is 1. The van der Waals surface area contributed by atoms with Gasteiger partial charge in [0.05, 0.1) is 11.0 Å². The van der Waals surface area contributed by atoms with Crippen molar-refractivity contribution in [3.05, 3.63) is 77.9 Å². The van der Waals surface area contributed by atoms with E-state index in [1.165, 1.54) is 0 Å². The van der Waals surface area contributed by atoms with Gasteiger partial charge in [-0.3, -0.25) is 4.98 Å². The Bertz CT molecular complexity index is 1430. The molecule has 162 valence electrons. The van der Waals surface area contributed by atoms with Crippen LogP contribution >= 0.6 is 12.4 Å². The molecule has 0 spiro atoms. The van der Waals surface area contributed by atoms with Gasteiger partial charge in [0, 0.05) is 54.1 Å². The molecule has 1 aromatic heterocycles. The van der Waals surface area contributed by atoms with Gasteiger partial charge in [0.2, 0.25) is 0 Å². The van der Waals surface area contributed by atoms with Crippen LogP contribution in [-0.4, -0.2) is 23.1 Å². The third kappa shape index (κ3) is 3.80. The van der Waals surface area contributed by atoms with Crippen molar-refractivity contribution in [2.45, 2.75) is 20.8 Å².